The predicted octanol–water partition coefficient (Wildman–Crippen LogP) is 2.65. The normalized spacial score (nSPS) is 20.0. The Balaban J connectivity index is 2.46. The Morgan fingerprint density at radius 3 is 2.40 bits per heavy atom. The molecule has 0 aromatic rings. The average molecular weight is 278 g/mol. The van der Waals surface area contributed by atoms with Gasteiger partial charge in [0.05, 0.1) is 6.61 Å². The summed E-state index contributed by atoms with van der Waals surface area (Å²) in [7, 11) is 0. The second-order valence-corrected chi connectivity index (χ2v) is 5.40. The van der Waals surface area contributed by atoms with Crippen LogP contribution in [-0.2, 0) is 0 Å². The molecule has 0 spiro atoms. The average Bonchev–Trinajstić information content (AvgIpc) is 2.68. The van der Waals surface area contributed by atoms with Gasteiger partial charge in [-0.3, -0.25) is 0 Å². The number of aliphatic hydroxyl groups is 1. The minimum Gasteiger partial charge on any atom is -0.395 e. The maximum absolute atomic E-state index is 9.04. The SMILES string of the molecule is CCCN(CCO)CC1(CBr)CCCC1. The number of rotatable bonds is 7. The van der Waals surface area contributed by atoms with Gasteiger partial charge in [0.25, 0.3) is 0 Å². The minimum absolute atomic E-state index is 0.290. The third-order valence-electron chi connectivity index (χ3n) is 3.46. The van der Waals surface area contributed by atoms with Crippen molar-refractivity contribution in [2.24, 2.45) is 5.41 Å². The van der Waals surface area contributed by atoms with Gasteiger partial charge in [-0.15, -0.1) is 0 Å². The van der Waals surface area contributed by atoms with Gasteiger partial charge >= 0.3 is 0 Å². The van der Waals surface area contributed by atoms with Crippen molar-refractivity contribution in [2.75, 3.05) is 31.6 Å². The predicted molar refractivity (Wildman–Crippen MR) is 68.5 cm³/mol. The standard InChI is InChI=1S/C12H24BrNO/c1-2-7-14(8-9-15)11-12(10-13)5-3-4-6-12/h15H,2-11H2,1H3. The summed E-state index contributed by atoms with van der Waals surface area (Å²) in [6, 6.07) is 0. The second kappa shape index (κ2) is 6.87. The molecule has 0 saturated heterocycles. The van der Waals surface area contributed by atoms with Crippen LogP contribution >= 0.6 is 15.9 Å². The van der Waals surface area contributed by atoms with Crippen LogP contribution < -0.4 is 0 Å². The Bertz CT molecular complexity index is 163. The van der Waals surface area contributed by atoms with Crippen LogP contribution in [0.25, 0.3) is 0 Å². The van der Waals surface area contributed by atoms with Crippen LogP contribution in [0.4, 0.5) is 0 Å². The van der Waals surface area contributed by atoms with E-state index in [2.05, 4.69) is 27.8 Å². The quantitative estimate of drug-likeness (QED) is 0.724. The van der Waals surface area contributed by atoms with Crippen LogP contribution in [0.15, 0.2) is 0 Å². The smallest absolute Gasteiger partial charge is 0.0558 e. The van der Waals surface area contributed by atoms with Gasteiger partial charge < -0.3 is 10.0 Å². The topological polar surface area (TPSA) is 23.5 Å². The zero-order valence-electron chi connectivity index (χ0n) is 9.84. The summed E-state index contributed by atoms with van der Waals surface area (Å²) >= 11 is 3.67. The lowest BCUT2D eigenvalue weighted by Crippen LogP contribution is -2.39. The number of alkyl halides is 1. The highest BCUT2D eigenvalue weighted by atomic mass is 79.9. The summed E-state index contributed by atoms with van der Waals surface area (Å²) in [5.74, 6) is 0. The van der Waals surface area contributed by atoms with Gasteiger partial charge in [0.15, 0.2) is 0 Å². The molecule has 1 fully saturated rings. The van der Waals surface area contributed by atoms with E-state index in [4.69, 9.17) is 5.11 Å². The summed E-state index contributed by atoms with van der Waals surface area (Å²) in [6.45, 7) is 5.61. The van der Waals surface area contributed by atoms with Gasteiger partial charge in [-0.25, -0.2) is 0 Å². The van der Waals surface area contributed by atoms with Crippen molar-refractivity contribution in [2.45, 2.75) is 39.0 Å². The first-order chi connectivity index (χ1) is 7.26. The molecule has 0 heterocycles. The molecule has 1 aliphatic carbocycles. The molecular weight excluding hydrogens is 254 g/mol. The van der Waals surface area contributed by atoms with Gasteiger partial charge in [0.2, 0.25) is 0 Å². The third-order valence-corrected chi connectivity index (χ3v) is 4.65. The number of hydrogen-bond donors (Lipinski definition) is 1. The number of aliphatic hydroxyl groups excluding tert-OH is 1. The van der Waals surface area contributed by atoms with Gasteiger partial charge in [-0.05, 0) is 31.2 Å². The lowest BCUT2D eigenvalue weighted by atomic mass is 9.88. The van der Waals surface area contributed by atoms with Crippen molar-refractivity contribution in [1.82, 2.24) is 4.90 Å². The van der Waals surface area contributed by atoms with E-state index in [-0.39, 0.29) is 0 Å². The van der Waals surface area contributed by atoms with Crippen molar-refractivity contribution < 1.29 is 5.11 Å². The fraction of sp³-hybridized carbons (Fsp3) is 1.00. The highest BCUT2D eigenvalue weighted by Gasteiger charge is 2.34. The van der Waals surface area contributed by atoms with Crippen LogP contribution in [0.5, 0.6) is 0 Å². The molecule has 1 N–H and O–H groups in total. The lowest BCUT2D eigenvalue weighted by molar-refractivity contribution is 0.140. The maximum Gasteiger partial charge on any atom is 0.0558 e. The Kier molecular flexibility index (Phi) is 6.17. The molecule has 1 saturated carbocycles. The first-order valence-electron chi connectivity index (χ1n) is 6.15. The van der Waals surface area contributed by atoms with Crippen molar-refractivity contribution in [1.29, 1.82) is 0 Å². The fourth-order valence-corrected chi connectivity index (χ4v) is 3.40. The highest BCUT2D eigenvalue weighted by Crippen LogP contribution is 2.40. The van der Waals surface area contributed by atoms with E-state index in [0.29, 0.717) is 12.0 Å². The van der Waals surface area contributed by atoms with Crippen molar-refractivity contribution in [3.05, 3.63) is 0 Å². The number of hydrogen-bond acceptors (Lipinski definition) is 2. The first-order valence-corrected chi connectivity index (χ1v) is 7.27. The molecule has 0 amide bonds. The van der Waals surface area contributed by atoms with Crippen LogP contribution in [0.2, 0.25) is 0 Å². The van der Waals surface area contributed by atoms with E-state index in [1.807, 2.05) is 0 Å². The summed E-state index contributed by atoms with van der Waals surface area (Å²) < 4.78 is 0. The van der Waals surface area contributed by atoms with Crippen LogP contribution in [0, 0.1) is 5.41 Å². The number of halogens is 1. The summed E-state index contributed by atoms with van der Waals surface area (Å²) in [6.07, 6.45) is 6.64. The zero-order chi connectivity index (χ0) is 11.1. The molecule has 0 aliphatic heterocycles. The van der Waals surface area contributed by atoms with E-state index in [9.17, 15) is 0 Å². The Morgan fingerprint density at radius 2 is 1.93 bits per heavy atom. The van der Waals surface area contributed by atoms with E-state index in [0.717, 1.165) is 25.0 Å². The molecular formula is C12H24BrNO. The molecule has 2 nitrogen and oxygen atoms in total. The van der Waals surface area contributed by atoms with E-state index >= 15 is 0 Å². The summed E-state index contributed by atoms with van der Waals surface area (Å²) in [5.41, 5.74) is 0.490. The van der Waals surface area contributed by atoms with Gasteiger partial charge in [-0.1, -0.05) is 35.7 Å². The number of nitrogens with zero attached hydrogens (tertiary/aromatic N) is 1. The molecule has 15 heavy (non-hydrogen) atoms. The summed E-state index contributed by atoms with van der Waals surface area (Å²) in [4.78, 5) is 2.42. The Labute approximate surface area is 102 Å². The van der Waals surface area contributed by atoms with Crippen molar-refractivity contribution >= 4 is 15.9 Å². The van der Waals surface area contributed by atoms with Crippen molar-refractivity contribution in [3.63, 3.8) is 0 Å². The zero-order valence-corrected chi connectivity index (χ0v) is 11.4. The molecule has 0 aromatic heterocycles. The molecule has 90 valence electrons. The first kappa shape index (κ1) is 13.5. The molecule has 0 radical (unpaired) electrons. The molecule has 0 aromatic carbocycles. The largest absolute Gasteiger partial charge is 0.395 e. The van der Waals surface area contributed by atoms with E-state index in [1.54, 1.807) is 0 Å². The molecule has 1 rings (SSSR count). The van der Waals surface area contributed by atoms with Crippen LogP contribution in [0.3, 0.4) is 0 Å². The summed E-state index contributed by atoms with van der Waals surface area (Å²) in [5, 5.41) is 10.2. The lowest BCUT2D eigenvalue weighted by Gasteiger charge is -2.33. The van der Waals surface area contributed by atoms with Gasteiger partial charge in [0, 0.05) is 18.4 Å². The van der Waals surface area contributed by atoms with Crippen LogP contribution in [0.1, 0.15) is 39.0 Å². The van der Waals surface area contributed by atoms with E-state index < -0.39 is 0 Å². The van der Waals surface area contributed by atoms with Crippen LogP contribution in [-0.4, -0.2) is 41.6 Å². The molecule has 0 bridgehead atoms. The molecule has 1 aliphatic rings. The maximum atomic E-state index is 9.04. The van der Waals surface area contributed by atoms with E-state index in [1.165, 1.54) is 32.1 Å². The van der Waals surface area contributed by atoms with Gasteiger partial charge in [0.1, 0.15) is 0 Å². The highest BCUT2D eigenvalue weighted by molar-refractivity contribution is 9.09. The molecule has 0 atom stereocenters. The molecule has 3 heteroatoms. The van der Waals surface area contributed by atoms with Gasteiger partial charge in [-0.2, -0.15) is 0 Å². The Morgan fingerprint density at radius 1 is 1.27 bits per heavy atom. The Hall–Kier alpha value is 0.400. The molecule has 0 unspecified atom stereocenters. The second-order valence-electron chi connectivity index (χ2n) is 4.84. The third kappa shape index (κ3) is 4.04. The fourth-order valence-electron chi connectivity index (χ4n) is 2.66. The van der Waals surface area contributed by atoms with Crippen molar-refractivity contribution in [3.8, 4) is 0 Å². The minimum atomic E-state index is 0.290. The monoisotopic (exact) mass is 277 g/mol.